The monoisotopic (exact) mass is 325 g/mol. The van der Waals surface area contributed by atoms with E-state index in [-0.39, 0.29) is 5.82 Å². The predicted octanol–water partition coefficient (Wildman–Crippen LogP) is 2.97. The molecule has 5 heteroatoms. The maximum atomic E-state index is 13.2. The molecule has 0 aliphatic heterocycles. The normalized spacial score (nSPS) is 15.8. The maximum Gasteiger partial charge on any atom is 0.191 e. The van der Waals surface area contributed by atoms with Gasteiger partial charge in [0.2, 0.25) is 0 Å². The van der Waals surface area contributed by atoms with Gasteiger partial charge in [0.1, 0.15) is 5.82 Å². The van der Waals surface area contributed by atoms with E-state index in [1.807, 2.05) is 0 Å². The molecule has 2 rings (SSSR count). The molecule has 1 aliphatic carbocycles. The second-order valence-electron chi connectivity index (χ2n) is 4.45. The van der Waals surface area contributed by atoms with Gasteiger partial charge < -0.3 is 10.6 Å². The molecule has 0 heterocycles. The average molecular weight is 326 g/mol. The van der Waals surface area contributed by atoms with E-state index in [2.05, 4.69) is 43.7 Å². The van der Waals surface area contributed by atoms with E-state index < -0.39 is 0 Å². The Morgan fingerprint density at radius 2 is 2.16 bits per heavy atom. The number of aliphatic imine (C=N–C) groups is 1. The Hall–Kier alpha value is -1.36. The molecule has 102 valence electrons. The molecular formula is C14H17BrFN3. The molecule has 1 aromatic carbocycles. The van der Waals surface area contributed by atoms with Gasteiger partial charge in [0.15, 0.2) is 5.96 Å². The van der Waals surface area contributed by atoms with E-state index in [0.717, 1.165) is 28.8 Å². The van der Waals surface area contributed by atoms with Crippen molar-refractivity contribution in [2.24, 2.45) is 4.99 Å². The Balaban J connectivity index is 1.90. The molecule has 2 N–H and O–H groups in total. The Bertz CT molecular complexity index is 491. The highest BCUT2D eigenvalue weighted by Crippen LogP contribution is 2.17. The van der Waals surface area contributed by atoms with Gasteiger partial charge in [-0.15, -0.1) is 0 Å². The Morgan fingerprint density at radius 1 is 1.42 bits per heavy atom. The molecule has 0 aromatic heterocycles. The number of guanidine groups is 1. The van der Waals surface area contributed by atoms with Gasteiger partial charge in [0, 0.05) is 24.1 Å². The summed E-state index contributed by atoms with van der Waals surface area (Å²) in [5.74, 6) is 0.507. The molecule has 0 amide bonds. The first-order chi connectivity index (χ1) is 9.19. The van der Waals surface area contributed by atoms with Gasteiger partial charge in [0.05, 0.1) is 0 Å². The zero-order chi connectivity index (χ0) is 13.7. The van der Waals surface area contributed by atoms with E-state index in [9.17, 15) is 4.39 Å². The summed E-state index contributed by atoms with van der Waals surface area (Å²) < 4.78 is 14.1. The summed E-state index contributed by atoms with van der Waals surface area (Å²) in [6.45, 7) is 0.526. The molecule has 0 unspecified atom stereocenters. The summed E-state index contributed by atoms with van der Waals surface area (Å²) in [6.07, 6.45) is 6.36. The van der Waals surface area contributed by atoms with Crippen molar-refractivity contribution in [1.29, 1.82) is 0 Å². The molecule has 19 heavy (non-hydrogen) atoms. The van der Waals surface area contributed by atoms with Crippen LogP contribution in [-0.2, 0) is 6.54 Å². The van der Waals surface area contributed by atoms with Crippen molar-refractivity contribution < 1.29 is 4.39 Å². The fraction of sp³-hybridized carbons (Fsp3) is 0.357. The van der Waals surface area contributed by atoms with Gasteiger partial charge in [-0.25, -0.2) is 4.39 Å². The summed E-state index contributed by atoms with van der Waals surface area (Å²) in [6, 6.07) is 5.07. The zero-order valence-corrected chi connectivity index (χ0v) is 12.4. The van der Waals surface area contributed by atoms with Crippen LogP contribution in [0.5, 0.6) is 0 Å². The number of benzene rings is 1. The summed E-state index contributed by atoms with van der Waals surface area (Å²) in [5, 5.41) is 6.53. The Labute approximate surface area is 121 Å². The maximum absolute atomic E-state index is 13.2. The Morgan fingerprint density at radius 3 is 2.84 bits per heavy atom. The number of rotatable bonds is 3. The lowest BCUT2D eigenvalue weighted by Crippen LogP contribution is -2.42. The average Bonchev–Trinajstić information content (AvgIpc) is 2.91. The third kappa shape index (κ3) is 4.06. The van der Waals surface area contributed by atoms with Gasteiger partial charge in [-0.05, 0) is 36.6 Å². The molecule has 0 spiro atoms. The van der Waals surface area contributed by atoms with E-state index in [4.69, 9.17) is 0 Å². The van der Waals surface area contributed by atoms with Gasteiger partial charge in [0.25, 0.3) is 0 Å². The minimum Gasteiger partial charge on any atom is -0.353 e. The SMILES string of the molecule is CN=C(NCc1cc(F)ccc1Br)NC1CC=CC1. The number of hydrogen-bond acceptors (Lipinski definition) is 1. The van der Waals surface area contributed by atoms with Gasteiger partial charge in [-0.3, -0.25) is 4.99 Å². The van der Waals surface area contributed by atoms with Crippen molar-refractivity contribution in [2.75, 3.05) is 7.05 Å². The minimum absolute atomic E-state index is 0.233. The van der Waals surface area contributed by atoms with Crippen LogP contribution in [-0.4, -0.2) is 19.0 Å². The van der Waals surface area contributed by atoms with E-state index >= 15 is 0 Å². The largest absolute Gasteiger partial charge is 0.353 e. The molecule has 3 nitrogen and oxygen atoms in total. The van der Waals surface area contributed by atoms with Crippen LogP contribution in [0, 0.1) is 5.82 Å². The van der Waals surface area contributed by atoms with Crippen LogP contribution in [0.15, 0.2) is 39.8 Å². The molecule has 0 saturated heterocycles. The quantitative estimate of drug-likeness (QED) is 0.509. The molecule has 1 aliphatic rings. The van der Waals surface area contributed by atoms with Crippen molar-refractivity contribution in [3.05, 3.63) is 46.2 Å². The van der Waals surface area contributed by atoms with E-state index in [1.165, 1.54) is 12.1 Å². The summed E-state index contributed by atoms with van der Waals surface area (Å²) in [5.41, 5.74) is 0.868. The van der Waals surface area contributed by atoms with Crippen LogP contribution in [0.2, 0.25) is 0 Å². The van der Waals surface area contributed by atoms with Crippen LogP contribution in [0.4, 0.5) is 4.39 Å². The van der Waals surface area contributed by atoms with Crippen molar-refractivity contribution in [3.8, 4) is 0 Å². The van der Waals surface area contributed by atoms with Crippen molar-refractivity contribution in [1.82, 2.24) is 10.6 Å². The lowest BCUT2D eigenvalue weighted by molar-refractivity contribution is 0.620. The number of hydrogen-bond donors (Lipinski definition) is 2. The highest BCUT2D eigenvalue weighted by Gasteiger charge is 2.11. The molecule has 1 aromatic rings. The fourth-order valence-electron chi connectivity index (χ4n) is 1.98. The van der Waals surface area contributed by atoms with Crippen molar-refractivity contribution in [2.45, 2.75) is 25.4 Å². The third-order valence-corrected chi connectivity index (χ3v) is 3.80. The highest BCUT2D eigenvalue weighted by atomic mass is 79.9. The third-order valence-electron chi connectivity index (χ3n) is 3.03. The minimum atomic E-state index is -0.233. The molecule has 0 radical (unpaired) electrons. The predicted molar refractivity (Wildman–Crippen MR) is 79.6 cm³/mol. The zero-order valence-electron chi connectivity index (χ0n) is 10.8. The highest BCUT2D eigenvalue weighted by molar-refractivity contribution is 9.10. The number of halogens is 2. The lowest BCUT2D eigenvalue weighted by Gasteiger charge is -2.17. The first-order valence-electron chi connectivity index (χ1n) is 6.25. The topological polar surface area (TPSA) is 36.4 Å². The summed E-state index contributed by atoms with van der Waals surface area (Å²) in [7, 11) is 1.73. The van der Waals surface area contributed by atoms with Crippen molar-refractivity contribution >= 4 is 21.9 Å². The van der Waals surface area contributed by atoms with Crippen LogP contribution < -0.4 is 10.6 Å². The second-order valence-corrected chi connectivity index (χ2v) is 5.30. The molecule has 0 fully saturated rings. The molecule has 0 atom stereocenters. The first-order valence-corrected chi connectivity index (χ1v) is 7.04. The van der Waals surface area contributed by atoms with Crippen LogP contribution in [0.25, 0.3) is 0 Å². The first kappa shape index (κ1) is 14.1. The molecule has 0 bridgehead atoms. The second kappa shape index (κ2) is 6.70. The fourth-order valence-corrected chi connectivity index (χ4v) is 2.37. The van der Waals surface area contributed by atoms with E-state index in [1.54, 1.807) is 13.1 Å². The van der Waals surface area contributed by atoms with Crippen LogP contribution in [0.1, 0.15) is 18.4 Å². The Kier molecular flexibility index (Phi) is 4.96. The molecule has 0 saturated carbocycles. The van der Waals surface area contributed by atoms with Gasteiger partial charge in [-0.2, -0.15) is 0 Å². The van der Waals surface area contributed by atoms with Crippen molar-refractivity contribution in [3.63, 3.8) is 0 Å². The van der Waals surface area contributed by atoms with Gasteiger partial charge in [-0.1, -0.05) is 28.1 Å². The van der Waals surface area contributed by atoms with Crippen LogP contribution in [0.3, 0.4) is 0 Å². The van der Waals surface area contributed by atoms with E-state index in [0.29, 0.717) is 12.6 Å². The lowest BCUT2D eigenvalue weighted by atomic mass is 10.2. The van der Waals surface area contributed by atoms with Crippen LogP contribution >= 0.6 is 15.9 Å². The summed E-state index contributed by atoms with van der Waals surface area (Å²) in [4.78, 5) is 4.18. The summed E-state index contributed by atoms with van der Waals surface area (Å²) >= 11 is 3.41. The number of nitrogens with zero attached hydrogens (tertiary/aromatic N) is 1. The molecular weight excluding hydrogens is 309 g/mol. The standard InChI is InChI=1S/C14H17BrFN3/c1-17-14(19-12-4-2-3-5-12)18-9-10-8-11(16)6-7-13(10)15/h2-3,6-8,12H,4-5,9H2,1H3,(H2,17,18,19). The van der Waals surface area contributed by atoms with Gasteiger partial charge >= 0.3 is 0 Å². The smallest absolute Gasteiger partial charge is 0.191 e. The number of nitrogens with one attached hydrogen (secondary N) is 2.